The average molecular weight is 382 g/mol. The highest BCUT2D eigenvalue weighted by molar-refractivity contribution is 5.95. The lowest BCUT2D eigenvalue weighted by molar-refractivity contribution is -0.117. The van der Waals surface area contributed by atoms with Gasteiger partial charge in [0, 0.05) is 44.4 Å². The van der Waals surface area contributed by atoms with E-state index in [4.69, 9.17) is 4.74 Å². The van der Waals surface area contributed by atoms with Gasteiger partial charge >= 0.3 is 0 Å². The van der Waals surface area contributed by atoms with Crippen molar-refractivity contribution in [2.75, 3.05) is 25.6 Å². The molecule has 0 spiro atoms. The van der Waals surface area contributed by atoms with Gasteiger partial charge in [-0.25, -0.2) is 0 Å². The Morgan fingerprint density at radius 2 is 1.93 bits per heavy atom. The maximum Gasteiger partial charge on any atom is 0.227 e. The maximum absolute atomic E-state index is 11.8. The Morgan fingerprint density at radius 1 is 1.18 bits per heavy atom. The summed E-state index contributed by atoms with van der Waals surface area (Å²) >= 11 is 0. The third-order valence-electron chi connectivity index (χ3n) is 4.74. The predicted molar refractivity (Wildman–Crippen MR) is 110 cm³/mol. The Hall–Kier alpha value is -3.22. The standard InChI is InChI=1S/C21H26N4O3/c1-22-21(24-14-16-12-18(28-2)9-10-19(16)26)23-13-15-5-7-17(8-6-15)25-11-3-4-20(25)27/h5-10,12,26H,3-4,11,13-14H2,1-2H3,(H2,22,23,24). The van der Waals surface area contributed by atoms with Gasteiger partial charge in [0.25, 0.3) is 0 Å². The van der Waals surface area contributed by atoms with Crippen molar-refractivity contribution in [2.24, 2.45) is 4.99 Å². The number of hydrogen-bond acceptors (Lipinski definition) is 4. The molecule has 0 radical (unpaired) electrons. The Kier molecular flexibility index (Phi) is 6.37. The molecular formula is C21H26N4O3. The molecule has 1 aliphatic heterocycles. The molecule has 3 N–H and O–H groups in total. The number of carbonyl (C=O) groups is 1. The van der Waals surface area contributed by atoms with Crippen LogP contribution in [0.4, 0.5) is 5.69 Å². The number of phenols is 1. The fourth-order valence-corrected chi connectivity index (χ4v) is 3.13. The molecule has 7 nitrogen and oxygen atoms in total. The molecule has 2 aromatic rings. The number of anilines is 1. The number of aliphatic imine (C=N–C) groups is 1. The molecule has 1 saturated heterocycles. The van der Waals surface area contributed by atoms with Gasteiger partial charge in [-0.15, -0.1) is 0 Å². The van der Waals surface area contributed by atoms with Gasteiger partial charge in [0.2, 0.25) is 5.91 Å². The van der Waals surface area contributed by atoms with Gasteiger partial charge in [-0.2, -0.15) is 0 Å². The molecular weight excluding hydrogens is 356 g/mol. The Morgan fingerprint density at radius 3 is 2.57 bits per heavy atom. The van der Waals surface area contributed by atoms with E-state index < -0.39 is 0 Å². The van der Waals surface area contributed by atoms with E-state index >= 15 is 0 Å². The second-order valence-electron chi connectivity index (χ2n) is 6.59. The number of rotatable bonds is 6. The second kappa shape index (κ2) is 9.12. The summed E-state index contributed by atoms with van der Waals surface area (Å²) in [6.45, 7) is 1.81. The summed E-state index contributed by atoms with van der Waals surface area (Å²) in [5.41, 5.74) is 2.76. The fourth-order valence-electron chi connectivity index (χ4n) is 3.13. The van der Waals surface area contributed by atoms with Gasteiger partial charge in [-0.1, -0.05) is 12.1 Å². The molecule has 0 aliphatic carbocycles. The number of nitrogens with zero attached hydrogens (tertiary/aromatic N) is 2. The molecule has 1 heterocycles. The number of nitrogens with one attached hydrogen (secondary N) is 2. The number of hydrogen-bond donors (Lipinski definition) is 3. The number of phenolic OH excluding ortho intramolecular Hbond substituents is 1. The van der Waals surface area contributed by atoms with Crippen LogP contribution in [0.2, 0.25) is 0 Å². The van der Waals surface area contributed by atoms with Crippen LogP contribution in [-0.4, -0.2) is 37.7 Å². The maximum atomic E-state index is 11.8. The lowest BCUT2D eigenvalue weighted by Gasteiger charge is -2.16. The number of guanidine groups is 1. The quantitative estimate of drug-likeness (QED) is 0.528. The third-order valence-corrected chi connectivity index (χ3v) is 4.74. The van der Waals surface area contributed by atoms with Crippen molar-refractivity contribution < 1.29 is 14.6 Å². The van der Waals surface area contributed by atoms with E-state index in [0.29, 0.717) is 31.2 Å². The molecule has 1 aliphatic rings. The minimum Gasteiger partial charge on any atom is -0.508 e. The number of ether oxygens (including phenoxy) is 1. The zero-order valence-corrected chi connectivity index (χ0v) is 16.2. The van der Waals surface area contributed by atoms with Crippen LogP contribution in [0, 0.1) is 0 Å². The first-order valence-electron chi connectivity index (χ1n) is 9.30. The number of methoxy groups -OCH3 is 1. The van der Waals surface area contributed by atoms with E-state index in [0.717, 1.165) is 29.8 Å². The zero-order valence-electron chi connectivity index (χ0n) is 16.2. The number of benzene rings is 2. The number of aromatic hydroxyl groups is 1. The largest absolute Gasteiger partial charge is 0.508 e. The Balaban J connectivity index is 1.53. The van der Waals surface area contributed by atoms with Crippen LogP contribution in [0.5, 0.6) is 11.5 Å². The van der Waals surface area contributed by atoms with Crippen LogP contribution in [0.3, 0.4) is 0 Å². The van der Waals surface area contributed by atoms with Crippen LogP contribution >= 0.6 is 0 Å². The lowest BCUT2D eigenvalue weighted by atomic mass is 10.2. The number of carbonyl (C=O) groups excluding carboxylic acids is 1. The SMILES string of the molecule is CN=C(NCc1ccc(N2CCCC2=O)cc1)NCc1cc(OC)ccc1O. The Labute approximate surface area is 165 Å². The van der Waals surface area contributed by atoms with Gasteiger partial charge in [0.15, 0.2) is 5.96 Å². The molecule has 1 fully saturated rings. The van der Waals surface area contributed by atoms with Crippen molar-refractivity contribution >= 4 is 17.6 Å². The van der Waals surface area contributed by atoms with Crippen LogP contribution < -0.4 is 20.3 Å². The lowest BCUT2D eigenvalue weighted by Crippen LogP contribution is -2.36. The minimum atomic E-state index is 0.191. The summed E-state index contributed by atoms with van der Waals surface area (Å²) in [6, 6.07) is 13.1. The van der Waals surface area contributed by atoms with Crippen LogP contribution in [0.15, 0.2) is 47.5 Å². The van der Waals surface area contributed by atoms with Gasteiger partial charge in [0.1, 0.15) is 11.5 Å². The summed E-state index contributed by atoms with van der Waals surface area (Å²) < 4.78 is 5.19. The van der Waals surface area contributed by atoms with E-state index in [1.54, 1.807) is 32.4 Å². The van der Waals surface area contributed by atoms with Crippen molar-refractivity contribution in [1.29, 1.82) is 0 Å². The highest BCUT2D eigenvalue weighted by Gasteiger charge is 2.21. The summed E-state index contributed by atoms with van der Waals surface area (Å²) in [6.07, 6.45) is 1.56. The summed E-state index contributed by atoms with van der Waals surface area (Å²) in [5, 5.41) is 16.4. The molecule has 0 saturated carbocycles. The first-order chi connectivity index (χ1) is 13.6. The monoisotopic (exact) mass is 382 g/mol. The topological polar surface area (TPSA) is 86.2 Å². The normalized spacial score (nSPS) is 14.3. The van der Waals surface area contributed by atoms with E-state index in [1.807, 2.05) is 29.2 Å². The average Bonchev–Trinajstić information content (AvgIpc) is 3.15. The van der Waals surface area contributed by atoms with Crippen molar-refractivity contribution in [1.82, 2.24) is 10.6 Å². The smallest absolute Gasteiger partial charge is 0.227 e. The molecule has 0 unspecified atom stereocenters. The first kappa shape index (κ1) is 19.5. The van der Waals surface area contributed by atoms with Crippen molar-refractivity contribution in [3.63, 3.8) is 0 Å². The van der Waals surface area contributed by atoms with E-state index in [-0.39, 0.29) is 11.7 Å². The van der Waals surface area contributed by atoms with E-state index in [9.17, 15) is 9.90 Å². The van der Waals surface area contributed by atoms with Crippen LogP contribution in [0.1, 0.15) is 24.0 Å². The summed E-state index contributed by atoms with van der Waals surface area (Å²) in [7, 11) is 3.29. The summed E-state index contributed by atoms with van der Waals surface area (Å²) in [5.74, 6) is 1.71. The van der Waals surface area contributed by atoms with Crippen molar-refractivity contribution in [2.45, 2.75) is 25.9 Å². The first-order valence-corrected chi connectivity index (χ1v) is 9.30. The predicted octanol–water partition coefficient (Wildman–Crippen LogP) is 2.39. The van der Waals surface area contributed by atoms with Crippen molar-refractivity contribution in [3.8, 4) is 11.5 Å². The molecule has 1 amide bonds. The van der Waals surface area contributed by atoms with E-state index in [2.05, 4.69) is 15.6 Å². The molecule has 0 aromatic heterocycles. The van der Waals surface area contributed by atoms with Gasteiger partial charge in [0.05, 0.1) is 7.11 Å². The van der Waals surface area contributed by atoms with Gasteiger partial charge < -0.3 is 25.4 Å². The number of amides is 1. The molecule has 0 bridgehead atoms. The summed E-state index contributed by atoms with van der Waals surface area (Å²) in [4.78, 5) is 17.9. The molecule has 148 valence electrons. The molecule has 0 atom stereocenters. The van der Waals surface area contributed by atoms with Gasteiger partial charge in [-0.3, -0.25) is 9.79 Å². The molecule has 7 heteroatoms. The van der Waals surface area contributed by atoms with Crippen LogP contribution in [0.25, 0.3) is 0 Å². The highest BCUT2D eigenvalue weighted by atomic mass is 16.5. The molecule has 2 aromatic carbocycles. The van der Waals surface area contributed by atoms with Crippen molar-refractivity contribution in [3.05, 3.63) is 53.6 Å². The van der Waals surface area contributed by atoms with Gasteiger partial charge in [-0.05, 0) is 42.3 Å². The molecule has 28 heavy (non-hydrogen) atoms. The van der Waals surface area contributed by atoms with E-state index in [1.165, 1.54) is 0 Å². The second-order valence-corrected chi connectivity index (χ2v) is 6.59. The highest BCUT2D eigenvalue weighted by Crippen LogP contribution is 2.23. The minimum absolute atomic E-state index is 0.191. The fraction of sp³-hybridized carbons (Fsp3) is 0.333. The zero-order chi connectivity index (χ0) is 19.9. The van der Waals surface area contributed by atoms with Crippen LogP contribution in [-0.2, 0) is 17.9 Å². The Bertz CT molecular complexity index is 849. The molecule has 3 rings (SSSR count). The third kappa shape index (κ3) is 4.73.